The summed E-state index contributed by atoms with van der Waals surface area (Å²) >= 11 is 0. The first-order valence-corrected chi connectivity index (χ1v) is 16.8. The Kier molecular flexibility index (Phi) is 13.2. The fourth-order valence-electron chi connectivity index (χ4n) is 3.20. The van der Waals surface area contributed by atoms with E-state index in [1.54, 1.807) is 13.8 Å². The largest absolute Gasteiger partial charge is 0.413 e. The molecule has 0 saturated carbocycles. The number of hydrogen-bond donors (Lipinski definition) is 0. The molecule has 1 rings (SSSR count). The first kappa shape index (κ1) is 30.9. The molecule has 0 fully saturated rings. The van der Waals surface area contributed by atoms with Crippen molar-refractivity contribution < 1.29 is 27.6 Å². The summed E-state index contributed by atoms with van der Waals surface area (Å²) in [6, 6.07) is 10.0. The molecule has 0 aliphatic rings. The number of Topliss-reactive ketones (excluding diaryl/α,β-unsaturated/α-hetero) is 1. The second-order valence-corrected chi connectivity index (χ2v) is 16.9. The first-order chi connectivity index (χ1) is 15.8. The fourth-order valence-corrected chi connectivity index (χ4v) is 6.16. The lowest BCUT2D eigenvalue weighted by atomic mass is 10.1. The van der Waals surface area contributed by atoms with Gasteiger partial charge < -0.3 is 18.2 Å². The van der Waals surface area contributed by atoms with Gasteiger partial charge in [-0.05, 0) is 50.9 Å². The molecule has 1 aromatic rings. The Morgan fingerprint density at radius 2 is 1.65 bits per heavy atom. The molecule has 34 heavy (non-hydrogen) atoms. The van der Waals surface area contributed by atoms with Crippen LogP contribution in [-0.4, -0.2) is 46.2 Å². The second kappa shape index (κ2) is 14.5. The van der Waals surface area contributed by atoms with Crippen LogP contribution in [0.25, 0.3) is 0 Å². The normalized spacial score (nSPS) is 14.3. The Morgan fingerprint density at radius 3 is 2.18 bits per heavy atom. The lowest BCUT2D eigenvalue weighted by Crippen LogP contribution is -2.44. The van der Waals surface area contributed by atoms with Crippen LogP contribution in [0.4, 0.5) is 0 Å². The molecule has 0 amide bonds. The van der Waals surface area contributed by atoms with Crippen molar-refractivity contribution in [2.75, 3.05) is 26.0 Å². The molecule has 8 heteroatoms. The number of rotatable bonds is 16. The van der Waals surface area contributed by atoms with Crippen LogP contribution in [0.15, 0.2) is 42.0 Å². The molecule has 0 bridgehead atoms. The van der Waals surface area contributed by atoms with Gasteiger partial charge in [-0.2, -0.15) is 0 Å². The van der Waals surface area contributed by atoms with Crippen LogP contribution in [0.1, 0.15) is 59.9 Å². The lowest BCUT2D eigenvalue weighted by molar-refractivity contribution is -0.118. The van der Waals surface area contributed by atoms with Gasteiger partial charge in [0.1, 0.15) is 11.9 Å². The molecular formula is C26H45O6PSi. The van der Waals surface area contributed by atoms with Crippen LogP contribution in [0.5, 0.6) is 0 Å². The standard InChI is InChI=1S/C26H45O6PSi/c1-9-30-33(28,31-10-2)21-24(27)19-25(32-34(7,8)26(4,5)6)18-22(3)16-17-29-20-23-14-12-11-13-15-23/h11-16,25H,9-10,17-21H2,1-8H3/b22-16+/t25-/m0/s1. The summed E-state index contributed by atoms with van der Waals surface area (Å²) < 4.78 is 35.9. The number of carbonyl (C=O) groups excluding carboxylic acids is 1. The van der Waals surface area contributed by atoms with E-state index < -0.39 is 15.9 Å². The van der Waals surface area contributed by atoms with Crippen molar-refractivity contribution in [2.45, 2.75) is 85.2 Å². The quantitative estimate of drug-likeness (QED) is 0.101. The molecule has 0 aliphatic carbocycles. The number of benzene rings is 1. The van der Waals surface area contributed by atoms with Crippen molar-refractivity contribution in [3.05, 3.63) is 47.5 Å². The highest BCUT2D eigenvalue weighted by molar-refractivity contribution is 7.54. The Morgan fingerprint density at radius 1 is 1.06 bits per heavy atom. The highest BCUT2D eigenvalue weighted by Crippen LogP contribution is 2.48. The second-order valence-electron chi connectivity index (χ2n) is 10.1. The van der Waals surface area contributed by atoms with Crippen LogP contribution in [0.3, 0.4) is 0 Å². The molecule has 1 atom stereocenters. The third-order valence-corrected chi connectivity index (χ3v) is 12.5. The molecule has 1 aromatic carbocycles. The fraction of sp³-hybridized carbons (Fsp3) is 0.654. The van der Waals surface area contributed by atoms with E-state index in [1.807, 2.05) is 43.3 Å². The highest BCUT2D eigenvalue weighted by Gasteiger charge is 2.40. The van der Waals surface area contributed by atoms with Crippen LogP contribution < -0.4 is 0 Å². The van der Waals surface area contributed by atoms with E-state index in [0.29, 0.717) is 19.6 Å². The Labute approximate surface area is 208 Å². The van der Waals surface area contributed by atoms with Crippen molar-refractivity contribution in [3.8, 4) is 0 Å². The predicted octanol–water partition coefficient (Wildman–Crippen LogP) is 7.16. The summed E-state index contributed by atoms with van der Waals surface area (Å²) in [5, 5.41) is 0.0106. The molecule has 0 unspecified atom stereocenters. The van der Waals surface area contributed by atoms with Gasteiger partial charge in [0, 0.05) is 6.42 Å². The molecular weight excluding hydrogens is 467 g/mol. The van der Waals surface area contributed by atoms with E-state index in [9.17, 15) is 9.36 Å². The maximum absolute atomic E-state index is 12.9. The van der Waals surface area contributed by atoms with Crippen LogP contribution in [0.2, 0.25) is 18.1 Å². The maximum Gasteiger partial charge on any atom is 0.338 e. The Balaban J connectivity index is 2.84. The van der Waals surface area contributed by atoms with E-state index in [0.717, 1.165) is 11.1 Å². The monoisotopic (exact) mass is 512 g/mol. The molecule has 6 nitrogen and oxygen atoms in total. The van der Waals surface area contributed by atoms with Gasteiger partial charge in [0.05, 0.1) is 32.5 Å². The third-order valence-electron chi connectivity index (χ3n) is 5.96. The van der Waals surface area contributed by atoms with Crippen molar-refractivity contribution in [1.29, 1.82) is 0 Å². The molecule has 0 aliphatic heterocycles. The predicted molar refractivity (Wildman–Crippen MR) is 142 cm³/mol. The van der Waals surface area contributed by atoms with Crippen molar-refractivity contribution in [3.63, 3.8) is 0 Å². The number of ether oxygens (including phenoxy) is 1. The number of hydrogen-bond acceptors (Lipinski definition) is 6. The molecule has 0 radical (unpaired) electrons. The summed E-state index contributed by atoms with van der Waals surface area (Å²) in [5.41, 5.74) is 2.23. The minimum absolute atomic E-state index is 0.0106. The van der Waals surface area contributed by atoms with Crippen molar-refractivity contribution in [2.24, 2.45) is 0 Å². The van der Waals surface area contributed by atoms with E-state index in [2.05, 4.69) is 33.9 Å². The van der Waals surface area contributed by atoms with Gasteiger partial charge in [-0.25, -0.2) is 0 Å². The van der Waals surface area contributed by atoms with Crippen molar-refractivity contribution in [1.82, 2.24) is 0 Å². The van der Waals surface area contributed by atoms with E-state index in [4.69, 9.17) is 18.2 Å². The van der Waals surface area contributed by atoms with Gasteiger partial charge in [0.15, 0.2) is 8.32 Å². The smallest absolute Gasteiger partial charge is 0.338 e. The Bertz CT molecular complexity index is 806. The zero-order chi connectivity index (χ0) is 25.8. The van der Waals surface area contributed by atoms with Gasteiger partial charge in [-0.15, -0.1) is 0 Å². The summed E-state index contributed by atoms with van der Waals surface area (Å²) in [6.45, 7) is 17.9. The molecule has 0 heterocycles. The molecule has 0 saturated heterocycles. The zero-order valence-electron chi connectivity index (χ0n) is 22.4. The van der Waals surface area contributed by atoms with Gasteiger partial charge in [-0.1, -0.05) is 62.8 Å². The maximum atomic E-state index is 12.9. The van der Waals surface area contributed by atoms with Gasteiger partial charge in [0.25, 0.3) is 0 Å². The lowest BCUT2D eigenvalue weighted by Gasteiger charge is -2.39. The van der Waals surface area contributed by atoms with Crippen LogP contribution in [-0.2, 0) is 34.2 Å². The average molecular weight is 513 g/mol. The van der Waals surface area contributed by atoms with Gasteiger partial charge >= 0.3 is 7.60 Å². The number of carbonyl (C=O) groups is 1. The summed E-state index contributed by atoms with van der Waals surface area (Å²) in [6.07, 6.45) is 2.30. The zero-order valence-corrected chi connectivity index (χ0v) is 24.3. The molecule has 0 N–H and O–H groups in total. The summed E-state index contributed by atoms with van der Waals surface area (Å²) in [7, 11) is -5.54. The minimum atomic E-state index is -3.43. The van der Waals surface area contributed by atoms with Crippen molar-refractivity contribution >= 4 is 21.7 Å². The molecule has 0 aromatic heterocycles. The highest BCUT2D eigenvalue weighted by atomic mass is 31.2. The van der Waals surface area contributed by atoms with E-state index >= 15 is 0 Å². The van der Waals surface area contributed by atoms with Crippen LogP contribution in [0, 0.1) is 0 Å². The molecule has 194 valence electrons. The average Bonchev–Trinajstić information content (AvgIpc) is 2.70. The Hall–Kier alpha value is -1.08. The van der Waals surface area contributed by atoms with E-state index in [1.165, 1.54) is 0 Å². The summed E-state index contributed by atoms with van der Waals surface area (Å²) in [4.78, 5) is 12.9. The number of ketones is 1. The topological polar surface area (TPSA) is 71.1 Å². The third kappa shape index (κ3) is 11.6. The van der Waals surface area contributed by atoms with Gasteiger partial charge in [-0.3, -0.25) is 9.36 Å². The van der Waals surface area contributed by atoms with Gasteiger partial charge in [0.2, 0.25) is 0 Å². The SMILES string of the molecule is CCOP(=O)(CC(=O)C[C@H](C/C(C)=C/COCc1ccccc1)O[Si](C)(C)C(C)(C)C)OCC. The van der Waals surface area contributed by atoms with Crippen LogP contribution >= 0.6 is 7.60 Å². The minimum Gasteiger partial charge on any atom is -0.413 e. The first-order valence-electron chi connectivity index (χ1n) is 12.2. The molecule has 0 spiro atoms. The van der Waals surface area contributed by atoms with E-state index in [-0.39, 0.29) is 42.7 Å². The summed E-state index contributed by atoms with van der Waals surface area (Å²) in [5.74, 6) is -0.165.